The number of nitrogens with one attached hydrogen (secondary N) is 1. The molecule has 5 heteroatoms. The van der Waals surface area contributed by atoms with Gasteiger partial charge in [0.1, 0.15) is 0 Å². The Morgan fingerprint density at radius 2 is 1.88 bits per heavy atom. The summed E-state index contributed by atoms with van der Waals surface area (Å²) in [6, 6.07) is 15.2. The van der Waals surface area contributed by atoms with Crippen LogP contribution in [0.15, 0.2) is 59.7 Å². The number of carbonyl (C=O) groups excluding carboxylic acids is 1. The van der Waals surface area contributed by atoms with Crippen molar-refractivity contribution >= 4 is 22.5 Å². The van der Waals surface area contributed by atoms with Gasteiger partial charge in [-0.25, -0.2) is 4.98 Å². The van der Waals surface area contributed by atoms with Gasteiger partial charge in [0.05, 0.1) is 17.2 Å². The van der Waals surface area contributed by atoms with Crippen LogP contribution in [0.4, 0.5) is 5.69 Å². The molecule has 0 bridgehead atoms. The van der Waals surface area contributed by atoms with Gasteiger partial charge >= 0.3 is 0 Å². The van der Waals surface area contributed by atoms with Crippen molar-refractivity contribution in [2.75, 3.05) is 5.32 Å². The van der Waals surface area contributed by atoms with Gasteiger partial charge in [0, 0.05) is 18.7 Å². The van der Waals surface area contributed by atoms with E-state index in [-0.39, 0.29) is 17.9 Å². The third-order valence-corrected chi connectivity index (χ3v) is 4.37. The minimum absolute atomic E-state index is 0.119. The number of anilines is 1. The summed E-state index contributed by atoms with van der Waals surface area (Å²) in [5.41, 5.74) is 2.60. The highest BCUT2D eigenvalue weighted by Crippen LogP contribution is 2.12. The van der Waals surface area contributed by atoms with Crippen LogP contribution in [0.2, 0.25) is 0 Å². The number of hydrogen-bond donors (Lipinski definition) is 1. The van der Waals surface area contributed by atoms with Crippen LogP contribution < -0.4 is 10.9 Å². The second-order valence-corrected chi connectivity index (χ2v) is 6.36. The molecule has 3 aromatic rings. The van der Waals surface area contributed by atoms with E-state index >= 15 is 0 Å². The summed E-state index contributed by atoms with van der Waals surface area (Å²) in [6.07, 6.45) is 5.11. The molecule has 26 heavy (non-hydrogen) atoms. The molecular formula is C21H23N3O2. The van der Waals surface area contributed by atoms with Crippen molar-refractivity contribution in [1.29, 1.82) is 0 Å². The Morgan fingerprint density at radius 3 is 2.65 bits per heavy atom. The van der Waals surface area contributed by atoms with E-state index in [1.54, 1.807) is 12.1 Å². The van der Waals surface area contributed by atoms with Gasteiger partial charge in [0.2, 0.25) is 5.91 Å². The molecule has 1 N–H and O–H groups in total. The number of fused-ring (bicyclic) bond motifs is 1. The maximum absolute atomic E-state index is 12.4. The zero-order valence-corrected chi connectivity index (χ0v) is 14.9. The largest absolute Gasteiger partial charge is 0.326 e. The fourth-order valence-electron chi connectivity index (χ4n) is 2.85. The van der Waals surface area contributed by atoms with E-state index < -0.39 is 0 Å². The van der Waals surface area contributed by atoms with E-state index in [1.165, 1.54) is 29.3 Å². The van der Waals surface area contributed by atoms with Gasteiger partial charge in [-0.3, -0.25) is 14.2 Å². The summed E-state index contributed by atoms with van der Waals surface area (Å²) in [5, 5.41) is 3.45. The number of aryl methyl sites for hydroxylation is 2. The average molecular weight is 349 g/mol. The predicted octanol–water partition coefficient (Wildman–Crippen LogP) is 3.77. The highest BCUT2D eigenvalue weighted by atomic mass is 16.1. The average Bonchev–Trinajstić information content (AvgIpc) is 2.67. The summed E-state index contributed by atoms with van der Waals surface area (Å²) in [4.78, 5) is 28.9. The van der Waals surface area contributed by atoms with Crippen LogP contribution in [0.3, 0.4) is 0 Å². The lowest BCUT2D eigenvalue weighted by Crippen LogP contribution is -2.23. The summed E-state index contributed by atoms with van der Waals surface area (Å²) < 4.78 is 1.48. The smallest absolute Gasteiger partial charge is 0.261 e. The number of nitrogens with zero attached hydrogens (tertiary/aromatic N) is 2. The Labute approximate surface area is 152 Å². The van der Waals surface area contributed by atoms with Gasteiger partial charge in [-0.05, 0) is 42.7 Å². The first kappa shape index (κ1) is 17.9. The standard InChI is InChI=1S/C21H23N3O2/c1-2-3-6-16-9-11-17(12-10-16)23-20(25)13-14-24-15-22-19-8-5-4-7-18(19)21(24)26/h4-5,7-12,15H,2-3,6,13-14H2,1H3,(H,23,25). The molecule has 1 heterocycles. The fraction of sp³-hybridized carbons (Fsp3) is 0.286. The van der Waals surface area contributed by atoms with E-state index in [1.807, 2.05) is 36.4 Å². The Balaban J connectivity index is 1.59. The van der Waals surface area contributed by atoms with Crippen LogP contribution in [0, 0.1) is 0 Å². The second-order valence-electron chi connectivity index (χ2n) is 6.36. The molecule has 0 unspecified atom stereocenters. The summed E-state index contributed by atoms with van der Waals surface area (Å²) >= 11 is 0. The first-order valence-corrected chi connectivity index (χ1v) is 9.00. The van der Waals surface area contributed by atoms with Crippen LogP contribution in [0.5, 0.6) is 0 Å². The van der Waals surface area contributed by atoms with Crippen molar-refractivity contribution in [3.8, 4) is 0 Å². The lowest BCUT2D eigenvalue weighted by Gasteiger charge is -2.08. The van der Waals surface area contributed by atoms with E-state index in [2.05, 4.69) is 17.2 Å². The van der Waals surface area contributed by atoms with Crippen molar-refractivity contribution in [3.05, 3.63) is 70.8 Å². The molecule has 1 amide bonds. The van der Waals surface area contributed by atoms with Crippen LogP contribution in [-0.4, -0.2) is 15.5 Å². The van der Waals surface area contributed by atoms with Crippen molar-refractivity contribution in [3.63, 3.8) is 0 Å². The van der Waals surface area contributed by atoms with Crippen LogP contribution in [-0.2, 0) is 17.8 Å². The highest BCUT2D eigenvalue weighted by Gasteiger charge is 2.07. The molecule has 0 atom stereocenters. The number of hydrogen-bond acceptors (Lipinski definition) is 3. The van der Waals surface area contributed by atoms with E-state index in [0.29, 0.717) is 17.4 Å². The number of amides is 1. The lowest BCUT2D eigenvalue weighted by molar-refractivity contribution is -0.116. The monoisotopic (exact) mass is 349 g/mol. The van der Waals surface area contributed by atoms with Crippen molar-refractivity contribution in [1.82, 2.24) is 9.55 Å². The molecule has 0 fully saturated rings. The number of aromatic nitrogens is 2. The van der Waals surface area contributed by atoms with Crippen molar-refractivity contribution in [2.45, 2.75) is 39.2 Å². The Hall–Kier alpha value is -2.95. The number of rotatable bonds is 7. The first-order chi connectivity index (χ1) is 12.7. The van der Waals surface area contributed by atoms with Gasteiger partial charge in [-0.15, -0.1) is 0 Å². The topological polar surface area (TPSA) is 64.0 Å². The molecular weight excluding hydrogens is 326 g/mol. The Kier molecular flexibility index (Phi) is 5.79. The van der Waals surface area contributed by atoms with Crippen molar-refractivity contribution in [2.24, 2.45) is 0 Å². The third kappa shape index (κ3) is 4.36. The van der Waals surface area contributed by atoms with Gasteiger partial charge in [-0.1, -0.05) is 37.6 Å². The van der Waals surface area contributed by atoms with Gasteiger partial charge in [0.15, 0.2) is 0 Å². The maximum atomic E-state index is 12.4. The second kappa shape index (κ2) is 8.43. The Bertz CT molecular complexity index is 945. The van der Waals surface area contributed by atoms with Gasteiger partial charge in [0.25, 0.3) is 5.56 Å². The minimum atomic E-state index is -0.122. The van der Waals surface area contributed by atoms with Crippen LogP contribution >= 0.6 is 0 Å². The molecule has 134 valence electrons. The molecule has 0 aliphatic carbocycles. The Morgan fingerprint density at radius 1 is 1.12 bits per heavy atom. The number of unbranched alkanes of at least 4 members (excludes halogenated alkanes) is 1. The van der Waals surface area contributed by atoms with E-state index in [4.69, 9.17) is 0 Å². The zero-order chi connectivity index (χ0) is 18.4. The fourth-order valence-corrected chi connectivity index (χ4v) is 2.85. The molecule has 0 aliphatic heterocycles. The summed E-state index contributed by atoms with van der Waals surface area (Å²) in [6.45, 7) is 2.47. The molecule has 0 radical (unpaired) electrons. The third-order valence-electron chi connectivity index (χ3n) is 4.37. The van der Waals surface area contributed by atoms with Crippen LogP contribution in [0.1, 0.15) is 31.7 Å². The summed E-state index contributed by atoms with van der Waals surface area (Å²) in [7, 11) is 0. The predicted molar refractivity (Wildman–Crippen MR) is 104 cm³/mol. The minimum Gasteiger partial charge on any atom is -0.326 e. The highest BCUT2D eigenvalue weighted by molar-refractivity contribution is 5.90. The zero-order valence-electron chi connectivity index (χ0n) is 14.9. The van der Waals surface area contributed by atoms with E-state index in [0.717, 1.165) is 12.1 Å². The summed E-state index contributed by atoms with van der Waals surface area (Å²) in [5.74, 6) is -0.119. The van der Waals surface area contributed by atoms with Gasteiger partial charge < -0.3 is 5.32 Å². The quantitative estimate of drug-likeness (QED) is 0.706. The maximum Gasteiger partial charge on any atom is 0.261 e. The van der Waals surface area contributed by atoms with Crippen LogP contribution in [0.25, 0.3) is 10.9 Å². The molecule has 1 aromatic heterocycles. The van der Waals surface area contributed by atoms with E-state index in [9.17, 15) is 9.59 Å². The molecule has 0 spiro atoms. The molecule has 5 nitrogen and oxygen atoms in total. The lowest BCUT2D eigenvalue weighted by atomic mass is 10.1. The number of benzene rings is 2. The normalized spacial score (nSPS) is 10.8. The molecule has 2 aromatic carbocycles. The van der Waals surface area contributed by atoms with Crippen molar-refractivity contribution < 1.29 is 4.79 Å². The number of para-hydroxylation sites is 1. The molecule has 0 saturated carbocycles. The molecule has 0 saturated heterocycles. The molecule has 0 aliphatic rings. The number of carbonyl (C=O) groups is 1. The SMILES string of the molecule is CCCCc1ccc(NC(=O)CCn2cnc3ccccc3c2=O)cc1. The van der Waals surface area contributed by atoms with Gasteiger partial charge in [-0.2, -0.15) is 0 Å². The molecule has 3 rings (SSSR count). The first-order valence-electron chi connectivity index (χ1n) is 9.00.